The van der Waals surface area contributed by atoms with Crippen LogP contribution in [0, 0.1) is 52.3 Å². The Morgan fingerprint density at radius 1 is 0.971 bits per heavy atom. The van der Waals surface area contributed by atoms with Crippen molar-refractivity contribution in [3.63, 3.8) is 0 Å². The van der Waals surface area contributed by atoms with Crippen molar-refractivity contribution in [1.29, 1.82) is 0 Å². The highest BCUT2D eigenvalue weighted by Gasteiger charge is 2.72. The molecule has 0 bridgehead atoms. The SMILES string of the molecule is CC(C)CCC[C@@H](C)[C@H]1CC[C@H]2[C@@H]3CC4([C@H]5C[C@@H](Br)CC[C@]5(C)[C@H]3CC[C@]12C)S(=O)CCS4(=O)=O. The van der Waals surface area contributed by atoms with Crippen LogP contribution in [-0.2, 0) is 20.6 Å². The molecule has 1 heterocycles. The van der Waals surface area contributed by atoms with E-state index in [0.717, 1.165) is 37.0 Å². The summed E-state index contributed by atoms with van der Waals surface area (Å²) in [7, 11) is -4.63. The summed E-state index contributed by atoms with van der Waals surface area (Å²) < 4.78 is 40.5. The van der Waals surface area contributed by atoms with E-state index in [0.29, 0.717) is 40.2 Å². The molecule has 4 saturated carbocycles. The van der Waals surface area contributed by atoms with E-state index < -0.39 is 24.7 Å². The summed E-state index contributed by atoms with van der Waals surface area (Å²) in [6.45, 7) is 12.1. The van der Waals surface area contributed by atoms with Gasteiger partial charge in [0.2, 0.25) is 0 Å². The molecule has 0 aromatic carbocycles. The first-order chi connectivity index (χ1) is 16.4. The molecule has 5 rings (SSSR count). The van der Waals surface area contributed by atoms with Crippen molar-refractivity contribution in [2.45, 2.75) is 114 Å². The van der Waals surface area contributed by atoms with Crippen LogP contribution >= 0.6 is 15.9 Å². The fourth-order valence-electron chi connectivity index (χ4n) is 10.6. The molecule has 0 aromatic heterocycles. The van der Waals surface area contributed by atoms with Crippen LogP contribution in [0.1, 0.15) is 105 Å². The van der Waals surface area contributed by atoms with E-state index in [4.69, 9.17) is 0 Å². The standard InChI is InChI=1S/C29H49BrO3S2/c1-19(2)7-6-8-20(3)23-9-10-24-22-18-29(34(31)15-16-35(29,32)33)26-17-21(30)11-13-28(26,5)25(22)12-14-27(23,24)4/h19-26H,6-18H2,1-5H3/t20-,21+,22+,23-,24+,25+,26+,27-,28-,29?,34?/m1/s1. The molecular weight excluding hydrogens is 540 g/mol. The molecule has 0 aromatic rings. The predicted molar refractivity (Wildman–Crippen MR) is 151 cm³/mol. The van der Waals surface area contributed by atoms with Crippen LogP contribution in [0.25, 0.3) is 0 Å². The number of hydrogen-bond donors (Lipinski definition) is 0. The first-order valence-electron chi connectivity index (χ1n) is 14.6. The monoisotopic (exact) mass is 588 g/mol. The maximum Gasteiger partial charge on any atom is 0.169 e. The minimum absolute atomic E-state index is 0.00253. The molecule has 202 valence electrons. The maximum absolute atomic E-state index is 13.8. The third-order valence-corrected chi connectivity index (χ3v) is 18.7. The van der Waals surface area contributed by atoms with Crippen LogP contribution < -0.4 is 0 Å². The lowest BCUT2D eigenvalue weighted by molar-refractivity contribution is -0.116. The fraction of sp³-hybridized carbons (Fsp3) is 1.00. The van der Waals surface area contributed by atoms with Gasteiger partial charge in [-0.15, -0.1) is 0 Å². The Labute approximate surface area is 226 Å². The van der Waals surface area contributed by atoms with Gasteiger partial charge >= 0.3 is 0 Å². The molecule has 3 nitrogen and oxygen atoms in total. The van der Waals surface area contributed by atoms with Gasteiger partial charge in [-0.1, -0.05) is 69.8 Å². The fourth-order valence-corrected chi connectivity index (χ4v) is 17.3. The van der Waals surface area contributed by atoms with Gasteiger partial charge in [0.05, 0.1) is 5.75 Å². The summed E-state index contributed by atoms with van der Waals surface area (Å²) in [5, 5.41) is 0. The van der Waals surface area contributed by atoms with Gasteiger partial charge in [0.15, 0.2) is 13.9 Å². The summed E-state index contributed by atoms with van der Waals surface area (Å²) in [6, 6.07) is 0. The van der Waals surface area contributed by atoms with Crippen LogP contribution in [0.2, 0.25) is 0 Å². The molecule has 5 fully saturated rings. The van der Waals surface area contributed by atoms with Gasteiger partial charge in [0.25, 0.3) is 0 Å². The summed E-state index contributed by atoms with van der Waals surface area (Å²) in [4.78, 5) is 0.359. The molecule has 35 heavy (non-hydrogen) atoms. The van der Waals surface area contributed by atoms with E-state index in [-0.39, 0.29) is 17.1 Å². The molecule has 1 spiro atoms. The zero-order valence-corrected chi connectivity index (χ0v) is 25.9. The average Bonchev–Trinajstić information content (AvgIpc) is 3.24. The van der Waals surface area contributed by atoms with E-state index in [1.165, 1.54) is 44.9 Å². The Balaban J connectivity index is 1.49. The van der Waals surface area contributed by atoms with Crippen molar-refractivity contribution < 1.29 is 12.6 Å². The van der Waals surface area contributed by atoms with Gasteiger partial charge < -0.3 is 0 Å². The van der Waals surface area contributed by atoms with Gasteiger partial charge in [0, 0.05) is 21.4 Å². The molecule has 0 radical (unpaired) electrons. The van der Waals surface area contributed by atoms with E-state index in [1.807, 2.05) is 0 Å². The lowest BCUT2D eigenvalue weighted by atomic mass is 9.44. The van der Waals surface area contributed by atoms with Gasteiger partial charge in [-0.2, -0.15) is 0 Å². The smallest absolute Gasteiger partial charge is 0.169 e. The van der Waals surface area contributed by atoms with Crippen LogP contribution in [0.4, 0.5) is 0 Å². The van der Waals surface area contributed by atoms with Gasteiger partial charge in [0.1, 0.15) is 0 Å². The highest BCUT2D eigenvalue weighted by atomic mass is 79.9. The second-order valence-electron chi connectivity index (χ2n) is 14.2. The Morgan fingerprint density at radius 2 is 1.66 bits per heavy atom. The molecule has 5 aliphatic rings. The highest BCUT2D eigenvalue weighted by Crippen LogP contribution is 2.72. The number of alkyl halides is 1. The normalized spacial score (nSPS) is 51.7. The topological polar surface area (TPSA) is 51.2 Å². The second-order valence-corrected chi connectivity index (χ2v) is 20.0. The minimum atomic E-state index is -3.36. The Morgan fingerprint density at radius 3 is 2.31 bits per heavy atom. The molecule has 2 unspecified atom stereocenters. The number of hydrogen-bond acceptors (Lipinski definition) is 3. The van der Waals surface area contributed by atoms with Gasteiger partial charge in [-0.05, 0) is 104 Å². The number of sulfone groups is 1. The first-order valence-corrected chi connectivity index (χ1v) is 18.5. The Hall–Kier alpha value is 0.580. The molecule has 0 amide bonds. The predicted octanol–water partition coefficient (Wildman–Crippen LogP) is 7.35. The number of fused-ring (bicyclic) bond motifs is 6. The van der Waals surface area contributed by atoms with Crippen LogP contribution in [0.15, 0.2) is 0 Å². The third-order valence-electron chi connectivity index (χ3n) is 12.3. The molecule has 0 N–H and O–H groups in total. The van der Waals surface area contributed by atoms with Crippen molar-refractivity contribution in [2.24, 2.45) is 52.3 Å². The van der Waals surface area contributed by atoms with Crippen molar-refractivity contribution in [1.82, 2.24) is 0 Å². The minimum Gasteiger partial charge on any atom is -0.258 e. The van der Waals surface area contributed by atoms with E-state index in [1.54, 1.807) is 0 Å². The molecule has 6 heteroatoms. The molecule has 1 saturated heterocycles. The van der Waals surface area contributed by atoms with Gasteiger partial charge in [-0.25, -0.2) is 8.42 Å². The lowest BCUT2D eigenvalue weighted by Crippen LogP contribution is -2.65. The van der Waals surface area contributed by atoms with E-state index in [2.05, 4.69) is 50.5 Å². The van der Waals surface area contributed by atoms with Crippen molar-refractivity contribution >= 4 is 36.6 Å². The zero-order valence-electron chi connectivity index (χ0n) is 22.7. The molecule has 4 aliphatic carbocycles. The second kappa shape index (κ2) is 9.35. The largest absolute Gasteiger partial charge is 0.258 e. The van der Waals surface area contributed by atoms with Crippen molar-refractivity contribution in [2.75, 3.05) is 11.5 Å². The average molecular weight is 590 g/mol. The molecule has 1 aliphatic heterocycles. The van der Waals surface area contributed by atoms with Crippen molar-refractivity contribution in [3.8, 4) is 0 Å². The molecular formula is C29H49BrO3S2. The summed E-state index contributed by atoms with van der Waals surface area (Å²) in [5.74, 6) is 4.43. The summed E-state index contributed by atoms with van der Waals surface area (Å²) >= 11 is 3.86. The van der Waals surface area contributed by atoms with Crippen LogP contribution in [-0.4, -0.2) is 33.0 Å². The summed E-state index contributed by atoms with van der Waals surface area (Å²) in [5.41, 5.74) is 0.321. The number of halogens is 1. The van der Waals surface area contributed by atoms with Crippen LogP contribution in [0.5, 0.6) is 0 Å². The third kappa shape index (κ3) is 4.02. The summed E-state index contributed by atoms with van der Waals surface area (Å²) in [6.07, 6.45) is 12.9. The molecule has 11 atom stereocenters. The van der Waals surface area contributed by atoms with E-state index >= 15 is 0 Å². The zero-order chi connectivity index (χ0) is 25.4. The van der Waals surface area contributed by atoms with Crippen LogP contribution in [0.3, 0.4) is 0 Å². The number of rotatable bonds is 5. The van der Waals surface area contributed by atoms with Gasteiger partial charge in [-0.3, -0.25) is 4.21 Å². The quantitative estimate of drug-likeness (QED) is 0.315. The Bertz CT molecular complexity index is 950. The maximum atomic E-state index is 13.8. The highest BCUT2D eigenvalue weighted by molar-refractivity contribution is 9.09. The first kappa shape index (κ1) is 27.2. The van der Waals surface area contributed by atoms with E-state index in [9.17, 15) is 12.6 Å². The Kier molecular flexibility index (Phi) is 7.25. The van der Waals surface area contributed by atoms with Crippen molar-refractivity contribution in [3.05, 3.63) is 0 Å². The lowest BCUT2D eigenvalue weighted by Gasteiger charge is -2.65.